The average molecular weight is 378 g/mol. The molecule has 1 aromatic heterocycles. The van der Waals surface area contributed by atoms with Crippen LogP contribution in [0.15, 0.2) is 53.5 Å². The van der Waals surface area contributed by atoms with Crippen LogP contribution in [-0.4, -0.2) is 65.6 Å². The highest BCUT2D eigenvalue weighted by Gasteiger charge is 2.55. The fourth-order valence-corrected chi connectivity index (χ4v) is 5.56. The largest absolute Gasteiger partial charge is 0.348 e. The SMILES string of the molecule is Cn1cccc(C(=O)NC2C3CN4CCN(C3)CC2(c2ccccc2)C4)c1=O. The number of aryl methyl sites for hydroxylation is 1. The van der Waals surface area contributed by atoms with Gasteiger partial charge in [0.15, 0.2) is 0 Å². The Hall–Kier alpha value is -2.44. The Balaban J connectivity index is 1.55. The molecular weight excluding hydrogens is 352 g/mol. The summed E-state index contributed by atoms with van der Waals surface area (Å²) in [5.74, 6) is 0.111. The quantitative estimate of drug-likeness (QED) is 0.854. The van der Waals surface area contributed by atoms with Gasteiger partial charge in [0.2, 0.25) is 0 Å². The van der Waals surface area contributed by atoms with Crippen molar-refractivity contribution in [3.63, 3.8) is 0 Å². The maximum atomic E-state index is 13.1. The maximum Gasteiger partial charge on any atom is 0.263 e. The molecule has 1 amide bonds. The molecule has 2 aromatic rings. The van der Waals surface area contributed by atoms with Gasteiger partial charge >= 0.3 is 0 Å². The summed E-state index contributed by atoms with van der Waals surface area (Å²) in [7, 11) is 1.68. The van der Waals surface area contributed by atoms with E-state index in [1.807, 2.05) is 6.07 Å². The minimum absolute atomic E-state index is 0.0258. The molecule has 1 N–H and O–H groups in total. The third-order valence-electron chi connectivity index (χ3n) is 6.80. The molecule has 4 aliphatic heterocycles. The van der Waals surface area contributed by atoms with Gasteiger partial charge in [0.25, 0.3) is 11.5 Å². The molecular formula is C22H26N4O2. The van der Waals surface area contributed by atoms with Crippen molar-refractivity contribution in [2.24, 2.45) is 13.0 Å². The van der Waals surface area contributed by atoms with Gasteiger partial charge in [-0.2, -0.15) is 0 Å². The molecule has 6 nitrogen and oxygen atoms in total. The van der Waals surface area contributed by atoms with Gasteiger partial charge in [-0.3, -0.25) is 9.59 Å². The first-order valence-corrected chi connectivity index (χ1v) is 10.0. The average Bonchev–Trinajstić information content (AvgIpc) is 2.95. The number of fused-ring (bicyclic) bond motifs is 1. The van der Waals surface area contributed by atoms with Gasteiger partial charge in [-0.1, -0.05) is 30.3 Å². The first-order chi connectivity index (χ1) is 13.6. The Morgan fingerprint density at radius 1 is 1.04 bits per heavy atom. The molecule has 3 unspecified atom stereocenters. The highest BCUT2D eigenvalue weighted by Crippen LogP contribution is 2.43. The molecule has 4 aliphatic rings. The fourth-order valence-electron chi connectivity index (χ4n) is 5.56. The van der Waals surface area contributed by atoms with Crippen molar-refractivity contribution in [3.05, 3.63) is 70.1 Å². The van der Waals surface area contributed by atoms with Crippen LogP contribution in [0, 0.1) is 5.92 Å². The lowest BCUT2D eigenvalue weighted by molar-refractivity contribution is 0.0180. The van der Waals surface area contributed by atoms with Crippen molar-refractivity contribution >= 4 is 5.91 Å². The number of rotatable bonds is 3. The van der Waals surface area contributed by atoms with E-state index >= 15 is 0 Å². The highest BCUT2D eigenvalue weighted by atomic mass is 16.2. The van der Waals surface area contributed by atoms with E-state index in [1.165, 1.54) is 10.1 Å². The van der Waals surface area contributed by atoms with Crippen molar-refractivity contribution in [1.29, 1.82) is 0 Å². The molecule has 28 heavy (non-hydrogen) atoms. The molecule has 0 radical (unpaired) electrons. The van der Waals surface area contributed by atoms with Crippen molar-refractivity contribution in [1.82, 2.24) is 19.7 Å². The first-order valence-electron chi connectivity index (χ1n) is 10.0. The van der Waals surface area contributed by atoms with E-state index in [2.05, 4.69) is 39.4 Å². The summed E-state index contributed by atoms with van der Waals surface area (Å²) in [5, 5.41) is 3.31. The van der Waals surface area contributed by atoms with E-state index < -0.39 is 0 Å². The molecule has 6 heteroatoms. The lowest BCUT2D eigenvalue weighted by Gasteiger charge is -2.55. The molecule has 6 rings (SSSR count). The molecule has 3 atom stereocenters. The number of nitrogens with one attached hydrogen (secondary N) is 1. The first kappa shape index (κ1) is 17.6. The van der Waals surface area contributed by atoms with Crippen LogP contribution in [0.2, 0.25) is 0 Å². The maximum absolute atomic E-state index is 13.1. The van der Waals surface area contributed by atoms with Crippen molar-refractivity contribution in [3.8, 4) is 0 Å². The van der Waals surface area contributed by atoms with Crippen molar-refractivity contribution in [2.75, 3.05) is 39.3 Å². The van der Waals surface area contributed by atoms with Crippen LogP contribution in [-0.2, 0) is 12.5 Å². The molecule has 0 aliphatic carbocycles. The second-order valence-corrected chi connectivity index (χ2v) is 8.54. The van der Waals surface area contributed by atoms with E-state index in [-0.39, 0.29) is 28.5 Å². The van der Waals surface area contributed by atoms with Gasteiger partial charge in [-0.25, -0.2) is 0 Å². The van der Waals surface area contributed by atoms with Crippen LogP contribution in [0.3, 0.4) is 0 Å². The number of pyridine rings is 1. The Kier molecular flexibility index (Phi) is 4.14. The van der Waals surface area contributed by atoms with Gasteiger partial charge in [0.1, 0.15) is 5.56 Å². The Bertz CT molecular complexity index is 939. The van der Waals surface area contributed by atoms with Crippen LogP contribution in [0.5, 0.6) is 0 Å². The van der Waals surface area contributed by atoms with E-state index in [4.69, 9.17) is 0 Å². The van der Waals surface area contributed by atoms with Gasteiger partial charge < -0.3 is 19.7 Å². The monoisotopic (exact) mass is 378 g/mol. The second-order valence-electron chi connectivity index (χ2n) is 8.54. The zero-order chi connectivity index (χ0) is 19.3. The van der Waals surface area contributed by atoms with Crippen molar-refractivity contribution in [2.45, 2.75) is 11.5 Å². The Morgan fingerprint density at radius 2 is 1.71 bits per heavy atom. The number of benzene rings is 1. The summed E-state index contributed by atoms with van der Waals surface area (Å²) in [6.07, 6.45) is 1.68. The predicted octanol–water partition coefficient (Wildman–Crippen LogP) is 0.683. The molecule has 4 saturated heterocycles. The van der Waals surface area contributed by atoms with Crippen LogP contribution >= 0.6 is 0 Å². The number of piperidine rings is 2. The van der Waals surface area contributed by atoms with Crippen LogP contribution in [0.1, 0.15) is 15.9 Å². The summed E-state index contributed by atoms with van der Waals surface area (Å²) in [5.41, 5.74) is 1.11. The third-order valence-corrected chi connectivity index (χ3v) is 6.80. The number of carbonyl (C=O) groups excluding carboxylic acids is 1. The van der Waals surface area contributed by atoms with E-state index in [0.717, 1.165) is 39.3 Å². The molecule has 146 valence electrons. The second kappa shape index (κ2) is 6.57. The molecule has 5 heterocycles. The summed E-state index contributed by atoms with van der Waals surface area (Å²) >= 11 is 0. The lowest BCUT2D eigenvalue weighted by Crippen LogP contribution is -2.70. The number of amides is 1. The third kappa shape index (κ3) is 2.71. The minimum atomic E-state index is -0.252. The molecule has 4 fully saturated rings. The van der Waals surface area contributed by atoms with Gasteiger partial charge in [0.05, 0.1) is 0 Å². The molecule has 1 aromatic carbocycles. The number of hydrogen-bond acceptors (Lipinski definition) is 4. The molecule has 4 bridgehead atoms. The van der Waals surface area contributed by atoms with Crippen LogP contribution < -0.4 is 10.9 Å². The van der Waals surface area contributed by atoms with Crippen LogP contribution in [0.25, 0.3) is 0 Å². The number of aromatic nitrogens is 1. The normalized spacial score (nSPS) is 33.5. The zero-order valence-corrected chi connectivity index (χ0v) is 16.2. The fraction of sp³-hybridized carbons (Fsp3) is 0.455. The smallest absolute Gasteiger partial charge is 0.263 e. The van der Waals surface area contributed by atoms with E-state index in [9.17, 15) is 9.59 Å². The summed E-state index contributed by atoms with van der Waals surface area (Å²) in [4.78, 5) is 30.7. The van der Waals surface area contributed by atoms with Crippen molar-refractivity contribution < 1.29 is 4.79 Å². The number of nitrogens with zero attached hydrogens (tertiary/aromatic N) is 3. The number of carbonyl (C=O) groups is 1. The lowest BCUT2D eigenvalue weighted by atomic mass is 9.64. The predicted molar refractivity (Wildman–Crippen MR) is 107 cm³/mol. The molecule has 0 spiro atoms. The van der Waals surface area contributed by atoms with E-state index in [0.29, 0.717) is 5.92 Å². The highest BCUT2D eigenvalue weighted by molar-refractivity contribution is 5.94. The zero-order valence-electron chi connectivity index (χ0n) is 16.2. The number of hydrogen-bond donors (Lipinski definition) is 1. The van der Waals surface area contributed by atoms with E-state index in [1.54, 1.807) is 25.4 Å². The summed E-state index contributed by atoms with van der Waals surface area (Å²) in [6, 6.07) is 14.0. The Labute approximate surface area is 164 Å². The standard InChI is InChI=1S/C22H26N4O2/c1-24-9-5-8-18(21(24)28)20(27)23-19-16-12-25-10-11-26(13-16)15-22(19,14-25)17-6-3-2-4-7-17/h2-9,16,19H,10-15H2,1H3,(H,23,27). The van der Waals surface area contributed by atoms with Gasteiger partial charge in [-0.15, -0.1) is 0 Å². The Morgan fingerprint density at radius 3 is 2.39 bits per heavy atom. The summed E-state index contributed by atoms with van der Waals surface area (Å²) in [6.45, 7) is 6.07. The van der Waals surface area contributed by atoms with Gasteiger partial charge in [0, 0.05) is 69.9 Å². The van der Waals surface area contributed by atoms with Crippen LogP contribution in [0.4, 0.5) is 0 Å². The van der Waals surface area contributed by atoms with Gasteiger partial charge in [-0.05, 0) is 17.7 Å². The summed E-state index contributed by atoms with van der Waals surface area (Å²) < 4.78 is 1.46. The minimum Gasteiger partial charge on any atom is -0.348 e. The topological polar surface area (TPSA) is 57.6 Å². The molecule has 0 saturated carbocycles.